The van der Waals surface area contributed by atoms with Gasteiger partial charge in [0.2, 0.25) is 0 Å². The van der Waals surface area contributed by atoms with Crippen LogP contribution in [0.3, 0.4) is 0 Å². The molecule has 2 rings (SSSR count). The molecule has 1 N–H and O–H groups in total. The average Bonchev–Trinajstić information content (AvgIpc) is 2.45. The van der Waals surface area contributed by atoms with Crippen LogP contribution in [0.4, 0.5) is 11.4 Å². The third-order valence-electron chi connectivity index (χ3n) is 2.70. The fourth-order valence-corrected chi connectivity index (χ4v) is 2.99. The summed E-state index contributed by atoms with van der Waals surface area (Å²) in [6, 6.07) is 12.7. The number of anilines is 2. The van der Waals surface area contributed by atoms with E-state index in [9.17, 15) is 4.79 Å². The Bertz CT molecular complexity index is 634. The zero-order valence-electron chi connectivity index (χ0n) is 10.6. The Morgan fingerprint density at radius 1 is 1.14 bits per heavy atom. The van der Waals surface area contributed by atoms with Gasteiger partial charge >= 0.3 is 5.97 Å². The lowest BCUT2D eigenvalue weighted by Gasteiger charge is -2.13. The standard InChI is InChI=1S/C14H10Cl2INO2S/c15-10-5-3-6-11(16)14(10)18-12-7-2-1-4-9(12)8-13(19)20-21-17/h1-7,18H,8H2. The summed E-state index contributed by atoms with van der Waals surface area (Å²) in [6.45, 7) is 0. The van der Waals surface area contributed by atoms with Crippen molar-refractivity contribution in [3.05, 3.63) is 58.1 Å². The van der Waals surface area contributed by atoms with E-state index in [1.807, 2.05) is 45.5 Å². The van der Waals surface area contributed by atoms with Crippen molar-refractivity contribution in [3.8, 4) is 0 Å². The highest BCUT2D eigenvalue weighted by Crippen LogP contribution is 2.33. The maximum atomic E-state index is 11.6. The van der Waals surface area contributed by atoms with Gasteiger partial charge in [0.1, 0.15) is 9.21 Å². The van der Waals surface area contributed by atoms with Crippen LogP contribution in [0.5, 0.6) is 0 Å². The zero-order chi connectivity index (χ0) is 15.2. The average molecular weight is 454 g/mol. The quantitative estimate of drug-likeness (QED) is 0.457. The minimum atomic E-state index is -0.311. The largest absolute Gasteiger partial charge is 0.380 e. The number of para-hydroxylation sites is 2. The van der Waals surface area contributed by atoms with Crippen LogP contribution in [0.2, 0.25) is 10.0 Å². The molecule has 2 aromatic carbocycles. The van der Waals surface area contributed by atoms with Crippen LogP contribution >= 0.6 is 53.6 Å². The van der Waals surface area contributed by atoms with E-state index in [-0.39, 0.29) is 12.4 Å². The van der Waals surface area contributed by atoms with Gasteiger partial charge in [0.15, 0.2) is 0 Å². The molecular formula is C14H10Cl2INO2S. The molecule has 0 atom stereocenters. The van der Waals surface area contributed by atoms with E-state index < -0.39 is 0 Å². The van der Waals surface area contributed by atoms with Crippen LogP contribution in [-0.4, -0.2) is 5.97 Å². The molecule has 0 aromatic heterocycles. The highest BCUT2D eigenvalue weighted by molar-refractivity contribution is 14.2. The second kappa shape index (κ2) is 8.12. The van der Waals surface area contributed by atoms with Gasteiger partial charge in [0.05, 0.1) is 22.2 Å². The summed E-state index contributed by atoms with van der Waals surface area (Å²) in [4.78, 5) is 11.6. The molecule has 0 unspecified atom stereocenters. The van der Waals surface area contributed by atoms with Crippen molar-refractivity contribution < 1.29 is 8.98 Å². The van der Waals surface area contributed by atoms with Gasteiger partial charge in [0, 0.05) is 26.9 Å². The summed E-state index contributed by atoms with van der Waals surface area (Å²) >= 11 is 14.2. The maximum absolute atomic E-state index is 11.6. The van der Waals surface area contributed by atoms with Gasteiger partial charge in [-0.15, -0.1) is 0 Å². The first kappa shape index (κ1) is 16.7. The summed E-state index contributed by atoms with van der Waals surface area (Å²) in [5.74, 6) is -0.311. The number of hydrogen-bond donors (Lipinski definition) is 1. The smallest absolute Gasteiger partial charge is 0.323 e. The molecule has 0 saturated heterocycles. The highest BCUT2D eigenvalue weighted by Gasteiger charge is 2.12. The van der Waals surface area contributed by atoms with E-state index in [4.69, 9.17) is 27.4 Å². The minimum Gasteiger partial charge on any atom is -0.380 e. The predicted octanol–water partition coefficient (Wildman–Crippen LogP) is 5.82. The monoisotopic (exact) mass is 453 g/mol. The number of benzene rings is 2. The third kappa shape index (κ3) is 4.67. The summed E-state index contributed by atoms with van der Waals surface area (Å²) in [5, 5.41) is 4.21. The van der Waals surface area contributed by atoms with E-state index in [1.54, 1.807) is 18.2 Å². The van der Waals surface area contributed by atoms with Crippen molar-refractivity contribution in [3.63, 3.8) is 0 Å². The van der Waals surface area contributed by atoms with Crippen LogP contribution in [0, 0.1) is 0 Å². The molecule has 3 nitrogen and oxygen atoms in total. The topological polar surface area (TPSA) is 38.3 Å². The number of hydrogen-bond acceptors (Lipinski definition) is 4. The Morgan fingerprint density at radius 3 is 2.48 bits per heavy atom. The number of halogens is 3. The molecule has 0 radical (unpaired) electrons. The van der Waals surface area contributed by atoms with Crippen molar-refractivity contribution >= 4 is 71.0 Å². The van der Waals surface area contributed by atoms with Crippen LogP contribution in [0.15, 0.2) is 42.5 Å². The van der Waals surface area contributed by atoms with Gasteiger partial charge in [-0.3, -0.25) is 4.79 Å². The van der Waals surface area contributed by atoms with Crippen molar-refractivity contribution in [1.29, 1.82) is 0 Å². The molecule has 2 aromatic rings. The molecule has 0 aliphatic heterocycles. The summed E-state index contributed by atoms with van der Waals surface area (Å²) < 4.78 is 4.88. The lowest BCUT2D eigenvalue weighted by molar-refractivity contribution is -0.132. The summed E-state index contributed by atoms with van der Waals surface area (Å²) in [6.07, 6.45) is 0.168. The first-order valence-corrected chi connectivity index (χ1v) is 9.93. The SMILES string of the molecule is O=C(Cc1ccccc1Nc1c(Cl)cccc1Cl)OSI. The van der Waals surface area contributed by atoms with Crippen molar-refractivity contribution in [2.75, 3.05) is 5.32 Å². The molecule has 0 bridgehead atoms. The maximum Gasteiger partial charge on any atom is 0.323 e. The fourth-order valence-electron chi connectivity index (χ4n) is 1.77. The second-order valence-electron chi connectivity index (χ2n) is 4.07. The molecule has 0 heterocycles. The Labute approximate surface area is 149 Å². The highest BCUT2D eigenvalue weighted by atomic mass is 127. The normalized spacial score (nSPS) is 10.2. The molecule has 0 spiro atoms. The third-order valence-corrected chi connectivity index (χ3v) is 4.12. The van der Waals surface area contributed by atoms with Crippen LogP contribution < -0.4 is 5.32 Å². The number of rotatable bonds is 5. The molecule has 21 heavy (non-hydrogen) atoms. The van der Waals surface area contributed by atoms with E-state index in [0.717, 1.165) is 20.5 Å². The fraction of sp³-hybridized carbons (Fsp3) is 0.0714. The van der Waals surface area contributed by atoms with E-state index in [0.29, 0.717) is 15.7 Å². The van der Waals surface area contributed by atoms with Crippen LogP contribution in [-0.2, 0) is 15.4 Å². The van der Waals surface area contributed by atoms with Crippen molar-refractivity contribution in [2.24, 2.45) is 0 Å². The zero-order valence-corrected chi connectivity index (χ0v) is 15.1. The molecular weight excluding hydrogens is 444 g/mol. The van der Waals surface area contributed by atoms with Crippen LogP contribution in [0.1, 0.15) is 5.56 Å². The Balaban J connectivity index is 2.26. The Kier molecular flexibility index (Phi) is 6.47. The molecule has 0 saturated carbocycles. The lowest BCUT2D eigenvalue weighted by atomic mass is 10.1. The van der Waals surface area contributed by atoms with E-state index in [1.165, 1.54) is 0 Å². The van der Waals surface area contributed by atoms with Gasteiger partial charge in [0.25, 0.3) is 0 Å². The molecule has 0 fully saturated rings. The van der Waals surface area contributed by atoms with Crippen molar-refractivity contribution in [2.45, 2.75) is 6.42 Å². The molecule has 110 valence electrons. The van der Waals surface area contributed by atoms with Crippen LogP contribution in [0.25, 0.3) is 0 Å². The van der Waals surface area contributed by atoms with Gasteiger partial charge in [-0.1, -0.05) is 47.5 Å². The lowest BCUT2D eigenvalue weighted by Crippen LogP contribution is -2.05. The number of carbonyl (C=O) groups excluding carboxylic acids is 1. The van der Waals surface area contributed by atoms with E-state index >= 15 is 0 Å². The van der Waals surface area contributed by atoms with Gasteiger partial charge in [-0.25, -0.2) is 0 Å². The van der Waals surface area contributed by atoms with Gasteiger partial charge < -0.3 is 9.50 Å². The summed E-state index contributed by atoms with van der Waals surface area (Å²) in [5.41, 5.74) is 2.19. The number of carbonyl (C=O) groups is 1. The van der Waals surface area contributed by atoms with Gasteiger partial charge in [-0.05, 0) is 23.8 Å². The molecule has 0 amide bonds. The Morgan fingerprint density at radius 2 is 1.81 bits per heavy atom. The Hall–Kier alpha value is -0.630. The first-order valence-electron chi connectivity index (χ1n) is 5.89. The van der Waals surface area contributed by atoms with Crippen molar-refractivity contribution in [1.82, 2.24) is 0 Å². The van der Waals surface area contributed by atoms with E-state index in [2.05, 4.69) is 5.32 Å². The van der Waals surface area contributed by atoms with Gasteiger partial charge in [-0.2, -0.15) is 0 Å². The first-order chi connectivity index (χ1) is 10.1. The second-order valence-corrected chi connectivity index (χ2v) is 6.26. The molecule has 0 aliphatic carbocycles. The molecule has 7 heteroatoms. The summed E-state index contributed by atoms with van der Waals surface area (Å²) in [7, 11) is 1.00. The predicted molar refractivity (Wildman–Crippen MR) is 97.6 cm³/mol. The number of nitrogens with one attached hydrogen (secondary N) is 1. The minimum absolute atomic E-state index is 0.168. The molecule has 0 aliphatic rings.